The summed E-state index contributed by atoms with van der Waals surface area (Å²) in [6.45, 7) is 9.54. The Morgan fingerprint density at radius 2 is 2.00 bits per heavy atom. The Bertz CT molecular complexity index is 621. The van der Waals surface area contributed by atoms with Crippen LogP contribution in [0.25, 0.3) is 0 Å². The van der Waals surface area contributed by atoms with E-state index in [9.17, 15) is 4.79 Å². The first-order chi connectivity index (χ1) is 13.3. The van der Waals surface area contributed by atoms with Crippen LogP contribution in [0.2, 0.25) is 0 Å². The second kappa shape index (κ2) is 12.1. The molecule has 0 saturated carbocycles. The van der Waals surface area contributed by atoms with Crippen LogP contribution in [0.15, 0.2) is 40.5 Å². The van der Waals surface area contributed by atoms with E-state index in [2.05, 4.69) is 16.8 Å². The average Bonchev–Trinajstić information content (AvgIpc) is 3.24. The van der Waals surface area contributed by atoms with E-state index in [0.717, 1.165) is 57.2 Å². The number of amides is 1. The molecule has 3 heterocycles. The molecule has 0 aliphatic carbocycles. The van der Waals surface area contributed by atoms with Gasteiger partial charge in [-0.3, -0.25) is 9.79 Å². The van der Waals surface area contributed by atoms with Gasteiger partial charge in [0.25, 0.3) is 0 Å². The largest absolute Gasteiger partial charge is 0.469 e. The predicted octanol–water partition coefficient (Wildman–Crippen LogP) is 2.14. The van der Waals surface area contributed by atoms with Gasteiger partial charge in [-0.05, 0) is 25.0 Å². The molecular weight excluding hydrogens is 471 g/mol. The van der Waals surface area contributed by atoms with Crippen LogP contribution in [0.1, 0.15) is 18.6 Å². The van der Waals surface area contributed by atoms with Gasteiger partial charge >= 0.3 is 0 Å². The molecule has 3 rings (SSSR count). The van der Waals surface area contributed by atoms with Crippen LogP contribution in [0.3, 0.4) is 0 Å². The topological polar surface area (TPSA) is 70.3 Å². The van der Waals surface area contributed by atoms with Crippen molar-refractivity contribution in [3.8, 4) is 0 Å². The number of piperidine rings is 1. The quantitative estimate of drug-likeness (QED) is 0.280. The summed E-state index contributed by atoms with van der Waals surface area (Å²) < 4.78 is 10.7. The van der Waals surface area contributed by atoms with Crippen molar-refractivity contribution >= 4 is 35.8 Å². The number of carbonyl (C=O) groups is 1. The molecule has 0 spiro atoms. The van der Waals surface area contributed by atoms with E-state index in [1.54, 1.807) is 6.26 Å². The third-order valence-corrected chi connectivity index (χ3v) is 5.07. The van der Waals surface area contributed by atoms with E-state index in [1.807, 2.05) is 23.1 Å². The third kappa shape index (κ3) is 6.51. The second-order valence-electron chi connectivity index (χ2n) is 6.90. The standard InChI is InChI=1S/C20H30N4O3.HI/c1-2-8-21-20(22-9-5-18-4-3-14-27-18)24-10-6-17(7-11-24)19(25)23-12-15-26-16-13-23;/h2-4,14,17H,1,5-13,15-16H2,(H,21,22);1H. The molecule has 7 nitrogen and oxygen atoms in total. The number of hydrogen-bond acceptors (Lipinski definition) is 4. The summed E-state index contributed by atoms with van der Waals surface area (Å²) in [5, 5.41) is 3.34. The molecule has 2 aliphatic rings. The molecule has 0 radical (unpaired) electrons. The molecule has 0 bridgehead atoms. The fourth-order valence-corrected chi connectivity index (χ4v) is 3.54. The van der Waals surface area contributed by atoms with Gasteiger partial charge in [0.05, 0.1) is 19.5 Å². The number of carbonyl (C=O) groups excluding carboxylic acids is 1. The maximum Gasteiger partial charge on any atom is 0.225 e. The van der Waals surface area contributed by atoms with Crippen LogP contribution in [0.5, 0.6) is 0 Å². The molecule has 0 unspecified atom stereocenters. The van der Waals surface area contributed by atoms with Crippen molar-refractivity contribution in [2.24, 2.45) is 10.9 Å². The van der Waals surface area contributed by atoms with Gasteiger partial charge in [0, 0.05) is 51.6 Å². The summed E-state index contributed by atoms with van der Waals surface area (Å²) in [6, 6.07) is 3.86. The van der Waals surface area contributed by atoms with Crippen LogP contribution in [-0.4, -0.2) is 74.1 Å². The first-order valence-electron chi connectivity index (χ1n) is 9.81. The summed E-state index contributed by atoms with van der Waals surface area (Å²) in [7, 11) is 0. The minimum absolute atomic E-state index is 0. The molecule has 0 aromatic carbocycles. The molecule has 0 atom stereocenters. The van der Waals surface area contributed by atoms with Crippen LogP contribution in [-0.2, 0) is 16.0 Å². The number of hydrogen-bond donors (Lipinski definition) is 1. The van der Waals surface area contributed by atoms with Gasteiger partial charge in [0.2, 0.25) is 5.91 Å². The maximum atomic E-state index is 12.7. The van der Waals surface area contributed by atoms with E-state index < -0.39 is 0 Å². The summed E-state index contributed by atoms with van der Waals surface area (Å²) >= 11 is 0. The molecule has 1 N–H and O–H groups in total. The van der Waals surface area contributed by atoms with E-state index in [-0.39, 0.29) is 35.8 Å². The van der Waals surface area contributed by atoms with Crippen molar-refractivity contribution in [2.45, 2.75) is 19.3 Å². The molecule has 2 fully saturated rings. The number of likely N-dealkylation sites (tertiary alicyclic amines) is 1. The van der Waals surface area contributed by atoms with Gasteiger partial charge < -0.3 is 24.3 Å². The van der Waals surface area contributed by atoms with Gasteiger partial charge in [-0.2, -0.15) is 0 Å². The number of nitrogens with zero attached hydrogens (tertiary/aromatic N) is 3. The Balaban J connectivity index is 0.00000280. The van der Waals surface area contributed by atoms with E-state index in [4.69, 9.17) is 14.1 Å². The number of ether oxygens (including phenoxy) is 1. The summed E-state index contributed by atoms with van der Waals surface area (Å²) in [5.74, 6) is 2.23. The van der Waals surface area contributed by atoms with Crippen molar-refractivity contribution in [1.82, 2.24) is 15.1 Å². The Morgan fingerprint density at radius 1 is 1.25 bits per heavy atom. The van der Waals surface area contributed by atoms with Crippen molar-refractivity contribution in [2.75, 3.05) is 52.5 Å². The predicted molar refractivity (Wildman–Crippen MR) is 120 cm³/mol. The van der Waals surface area contributed by atoms with Gasteiger partial charge in [-0.15, -0.1) is 30.6 Å². The van der Waals surface area contributed by atoms with Crippen molar-refractivity contribution in [3.05, 3.63) is 36.8 Å². The number of furan rings is 1. The number of nitrogens with one attached hydrogen (secondary N) is 1. The van der Waals surface area contributed by atoms with E-state index in [1.165, 1.54) is 0 Å². The smallest absolute Gasteiger partial charge is 0.225 e. The lowest BCUT2D eigenvalue weighted by Crippen LogP contribution is -2.50. The fraction of sp³-hybridized carbons (Fsp3) is 0.600. The monoisotopic (exact) mass is 502 g/mol. The number of guanidine groups is 1. The maximum absolute atomic E-state index is 12.7. The highest BCUT2D eigenvalue weighted by Gasteiger charge is 2.30. The highest BCUT2D eigenvalue weighted by Crippen LogP contribution is 2.20. The lowest BCUT2D eigenvalue weighted by molar-refractivity contribution is -0.140. The van der Waals surface area contributed by atoms with Gasteiger partial charge in [0.15, 0.2) is 5.96 Å². The fourth-order valence-electron chi connectivity index (χ4n) is 3.54. The molecule has 156 valence electrons. The molecule has 8 heteroatoms. The molecule has 2 aliphatic heterocycles. The minimum Gasteiger partial charge on any atom is -0.469 e. The lowest BCUT2D eigenvalue weighted by atomic mass is 9.95. The third-order valence-electron chi connectivity index (χ3n) is 5.07. The zero-order valence-corrected chi connectivity index (χ0v) is 18.7. The van der Waals surface area contributed by atoms with Crippen LogP contribution >= 0.6 is 24.0 Å². The average molecular weight is 502 g/mol. The van der Waals surface area contributed by atoms with Gasteiger partial charge in [-0.1, -0.05) is 6.08 Å². The number of morpholine rings is 1. The molecule has 1 aromatic heterocycles. The number of aliphatic imine (C=N–C) groups is 1. The molecule has 2 saturated heterocycles. The van der Waals surface area contributed by atoms with Crippen LogP contribution < -0.4 is 5.32 Å². The first-order valence-corrected chi connectivity index (χ1v) is 9.81. The van der Waals surface area contributed by atoms with Crippen molar-refractivity contribution in [1.29, 1.82) is 0 Å². The number of halogens is 1. The highest BCUT2D eigenvalue weighted by atomic mass is 127. The summed E-state index contributed by atoms with van der Waals surface area (Å²) in [5.41, 5.74) is 0. The normalized spacial score (nSPS) is 18.5. The minimum atomic E-state index is 0. The Kier molecular flexibility index (Phi) is 9.83. The molecule has 1 amide bonds. The highest BCUT2D eigenvalue weighted by molar-refractivity contribution is 14.0. The second-order valence-corrected chi connectivity index (χ2v) is 6.90. The Hall–Kier alpha value is -1.55. The molecule has 1 aromatic rings. The number of rotatable bonds is 6. The Morgan fingerprint density at radius 3 is 2.64 bits per heavy atom. The van der Waals surface area contributed by atoms with Gasteiger partial charge in [0.1, 0.15) is 5.76 Å². The summed E-state index contributed by atoms with van der Waals surface area (Å²) in [4.78, 5) is 21.6. The SMILES string of the molecule is C=CCNC(=NCCc1ccco1)N1CCC(C(=O)N2CCOCC2)CC1.I. The van der Waals surface area contributed by atoms with Crippen LogP contribution in [0.4, 0.5) is 0 Å². The van der Waals surface area contributed by atoms with Crippen molar-refractivity contribution < 1.29 is 13.9 Å². The van der Waals surface area contributed by atoms with Crippen LogP contribution in [0, 0.1) is 5.92 Å². The zero-order valence-electron chi connectivity index (χ0n) is 16.3. The zero-order chi connectivity index (χ0) is 18.9. The molecular formula is C20H31IN4O3. The van der Waals surface area contributed by atoms with E-state index in [0.29, 0.717) is 26.3 Å². The van der Waals surface area contributed by atoms with Gasteiger partial charge in [-0.25, -0.2) is 0 Å². The first kappa shape index (κ1) is 22.7. The lowest BCUT2D eigenvalue weighted by Gasteiger charge is -2.36. The van der Waals surface area contributed by atoms with Crippen molar-refractivity contribution in [3.63, 3.8) is 0 Å². The van der Waals surface area contributed by atoms with E-state index >= 15 is 0 Å². The Labute approximate surface area is 184 Å². The molecule has 28 heavy (non-hydrogen) atoms. The summed E-state index contributed by atoms with van der Waals surface area (Å²) in [6.07, 6.45) is 6.02.